The third kappa shape index (κ3) is 20.9. The highest BCUT2D eigenvalue weighted by molar-refractivity contribution is 5.70. The lowest BCUT2D eigenvalue weighted by atomic mass is 9.93. The molecule has 23 heteroatoms. The van der Waals surface area contributed by atoms with Crippen LogP contribution >= 0.6 is 0 Å². The summed E-state index contributed by atoms with van der Waals surface area (Å²) in [5.74, 6) is -0.915. The molecule has 0 radical (unpaired) electrons. The van der Waals surface area contributed by atoms with E-state index in [9.17, 15) is 29.1 Å². The Morgan fingerprint density at radius 1 is 0.639 bits per heavy atom. The van der Waals surface area contributed by atoms with Crippen molar-refractivity contribution in [3.8, 4) is 0 Å². The predicted octanol–water partition coefficient (Wildman–Crippen LogP) is 6.27. The summed E-state index contributed by atoms with van der Waals surface area (Å²) in [6.07, 6.45) is -9.12. The first-order valence-electron chi connectivity index (χ1n) is 25.0. The van der Waals surface area contributed by atoms with Gasteiger partial charge in [0.05, 0.1) is 25.3 Å². The van der Waals surface area contributed by atoms with Crippen LogP contribution in [-0.2, 0) is 56.8 Å². The second kappa shape index (κ2) is 24.9. The number of hydrogen-bond acceptors (Lipinski definition) is 18. The molecular formula is C49H85N5O18. The Balaban J connectivity index is 1.78. The van der Waals surface area contributed by atoms with Gasteiger partial charge in [-0.3, -0.25) is 5.32 Å². The second-order valence-corrected chi connectivity index (χ2v) is 23.3. The first-order chi connectivity index (χ1) is 33.1. The summed E-state index contributed by atoms with van der Waals surface area (Å²) in [6.45, 7) is 26.5. The number of alkyl carbamates (subject to hydrolysis) is 5. The van der Waals surface area contributed by atoms with Crippen molar-refractivity contribution in [1.82, 2.24) is 26.6 Å². The number of aliphatic hydroxyl groups excluding tert-OH is 1. The minimum Gasteiger partial charge on any atom is -0.444 e. The SMILES string of the molecule is CCC(NC(=O)OC(C)(C)C)C(OC1OC(CNC(=O)OC(C)(C)C)C=CC1NC(=O)OC(C)(C)C)C(O)C(CNC(=O)OC(C)(C)C)OC1OC2COC3(CCCCC3)O[C@H]2O[C@H]1NC(=O)OC(C)(C)C. The Labute approximate surface area is 424 Å². The van der Waals surface area contributed by atoms with E-state index in [1.165, 1.54) is 0 Å². The molecule has 3 heterocycles. The third-order valence-electron chi connectivity index (χ3n) is 10.6. The molecule has 3 fully saturated rings. The van der Waals surface area contributed by atoms with Crippen molar-refractivity contribution < 1.29 is 85.9 Å². The van der Waals surface area contributed by atoms with Gasteiger partial charge in [0, 0.05) is 19.4 Å². The molecule has 72 heavy (non-hydrogen) atoms. The molecule has 1 aliphatic carbocycles. The van der Waals surface area contributed by atoms with Crippen LogP contribution in [0, 0.1) is 0 Å². The van der Waals surface area contributed by atoms with Gasteiger partial charge in [-0.05, 0) is 123 Å². The molecule has 5 amide bonds. The first-order valence-corrected chi connectivity index (χ1v) is 25.0. The van der Waals surface area contributed by atoms with Crippen molar-refractivity contribution in [3.05, 3.63) is 12.2 Å². The molecule has 414 valence electrons. The van der Waals surface area contributed by atoms with Gasteiger partial charge in [0.15, 0.2) is 24.6 Å². The monoisotopic (exact) mass is 1030 g/mol. The Hall–Kier alpha value is -4.23. The van der Waals surface area contributed by atoms with Crippen LogP contribution in [0.15, 0.2) is 12.2 Å². The molecule has 23 nitrogen and oxygen atoms in total. The number of nitrogens with one attached hydrogen (secondary N) is 5. The molecule has 4 rings (SSSR count). The van der Waals surface area contributed by atoms with Crippen LogP contribution < -0.4 is 26.6 Å². The third-order valence-corrected chi connectivity index (χ3v) is 10.6. The summed E-state index contributed by atoms with van der Waals surface area (Å²) in [5.41, 5.74) is -4.49. The van der Waals surface area contributed by atoms with E-state index in [2.05, 4.69) is 26.6 Å². The highest BCUT2D eigenvalue weighted by Crippen LogP contribution is 2.40. The van der Waals surface area contributed by atoms with E-state index < -0.39 is 139 Å². The number of aliphatic hydroxyl groups is 1. The zero-order valence-electron chi connectivity index (χ0n) is 45.3. The standard InChI is InChI=1S/C49H85N5O18/c1-17-29(52-41(58)70-46(8,9)10)34(65-36-30(53-42(59)71-47(11,12)13)22-21-28(62-36)25-50-39(56)68-44(2,3)4)33(55)31(26-51-40(57)69-45(5,6)7)63-38-35(54-43(60)72-48(14,15)16)66-37-32(64-38)27-61-49(67-37)23-19-18-20-24-49/h21-22,28-38,55H,17-20,23-27H2,1-16H3,(H,50,56)(H,51,57)(H,52,58)(H,53,59)(H,54,60)/t28?,29?,30?,31?,32?,33?,34?,35-,36?,37-,38?/m1/s1. The van der Waals surface area contributed by atoms with Gasteiger partial charge in [0.25, 0.3) is 0 Å². The largest absolute Gasteiger partial charge is 0.444 e. The van der Waals surface area contributed by atoms with E-state index in [1.807, 2.05) is 0 Å². The van der Waals surface area contributed by atoms with Gasteiger partial charge in [-0.15, -0.1) is 0 Å². The van der Waals surface area contributed by atoms with Gasteiger partial charge >= 0.3 is 30.5 Å². The minimum absolute atomic E-state index is 0.0268. The quantitative estimate of drug-likeness (QED) is 0.0779. The van der Waals surface area contributed by atoms with Crippen molar-refractivity contribution in [3.63, 3.8) is 0 Å². The average Bonchev–Trinajstić information content (AvgIpc) is 3.20. The van der Waals surface area contributed by atoms with Crippen LogP contribution in [-0.4, -0.2) is 157 Å². The lowest BCUT2D eigenvalue weighted by Crippen LogP contribution is -2.65. The molecule has 0 aromatic carbocycles. The minimum atomic E-state index is -1.86. The lowest BCUT2D eigenvalue weighted by Gasteiger charge is -2.50. The highest BCUT2D eigenvalue weighted by Gasteiger charge is 2.52. The van der Waals surface area contributed by atoms with Crippen molar-refractivity contribution in [2.45, 2.75) is 251 Å². The van der Waals surface area contributed by atoms with Gasteiger partial charge in [-0.25, -0.2) is 24.0 Å². The van der Waals surface area contributed by atoms with Crippen LogP contribution in [0.25, 0.3) is 0 Å². The Morgan fingerprint density at radius 3 is 1.72 bits per heavy atom. The number of fused-ring (bicyclic) bond motifs is 1. The van der Waals surface area contributed by atoms with Gasteiger partial charge in [0.2, 0.25) is 6.29 Å². The van der Waals surface area contributed by atoms with Gasteiger partial charge in [-0.1, -0.05) is 25.5 Å². The van der Waals surface area contributed by atoms with E-state index >= 15 is 0 Å². The van der Waals surface area contributed by atoms with Gasteiger partial charge in [-0.2, -0.15) is 0 Å². The van der Waals surface area contributed by atoms with Gasteiger partial charge < -0.3 is 83.2 Å². The average molecular weight is 1030 g/mol. The molecule has 1 spiro atoms. The van der Waals surface area contributed by atoms with E-state index in [0.717, 1.165) is 19.3 Å². The molecule has 0 bridgehead atoms. The number of ether oxygens (including phenoxy) is 12. The summed E-state index contributed by atoms with van der Waals surface area (Å²) in [5, 5.41) is 26.4. The number of hydrogen-bond donors (Lipinski definition) is 6. The molecule has 9 unspecified atom stereocenters. The van der Waals surface area contributed by atoms with Crippen molar-refractivity contribution in [1.29, 1.82) is 0 Å². The maximum Gasteiger partial charge on any atom is 0.409 e. The van der Waals surface area contributed by atoms with Crippen molar-refractivity contribution in [2.24, 2.45) is 0 Å². The lowest BCUT2D eigenvalue weighted by molar-refractivity contribution is -0.444. The van der Waals surface area contributed by atoms with Gasteiger partial charge in [0.1, 0.15) is 58.5 Å². The molecule has 6 N–H and O–H groups in total. The van der Waals surface area contributed by atoms with Crippen LogP contribution in [0.2, 0.25) is 0 Å². The number of carbonyl (C=O) groups is 5. The number of carbonyl (C=O) groups excluding carboxylic acids is 5. The van der Waals surface area contributed by atoms with E-state index in [-0.39, 0.29) is 19.6 Å². The molecule has 3 aliphatic heterocycles. The fraction of sp³-hybridized carbons (Fsp3) is 0.857. The molecular weight excluding hydrogens is 947 g/mol. The fourth-order valence-electron chi connectivity index (χ4n) is 7.79. The van der Waals surface area contributed by atoms with Crippen LogP contribution in [0.1, 0.15) is 149 Å². The van der Waals surface area contributed by atoms with Crippen molar-refractivity contribution >= 4 is 30.5 Å². The Morgan fingerprint density at radius 2 is 1.17 bits per heavy atom. The summed E-state index contributed by atoms with van der Waals surface area (Å²) >= 11 is 0. The fourth-order valence-corrected chi connectivity index (χ4v) is 7.79. The summed E-state index contributed by atoms with van der Waals surface area (Å²) < 4.78 is 73.0. The summed E-state index contributed by atoms with van der Waals surface area (Å²) in [6, 6.07) is -2.22. The number of rotatable bonds is 15. The molecule has 1 saturated carbocycles. The zero-order chi connectivity index (χ0) is 54.0. The van der Waals surface area contributed by atoms with Crippen LogP contribution in [0.4, 0.5) is 24.0 Å². The molecule has 0 aromatic heterocycles. The van der Waals surface area contributed by atoms with E-state index in [0.29, 0.717) is 12.8 Å². The summed E-state index contributed by atoms with van der Waals surface area (Å²) in [7, 11) is 0. The zero-order valence-corrected chi connectivity index (χ0v) is 45.3. The molecule has 0 aromatic rings. The topological polar surface area (TPSA) is 276 Å². The van der Waals surface area contributed by atoms with E-state index in [4.69, 9.17) is 56.8 Å². The molecule has 2 saturated heterocycles. The highest BCUT2D eigenvalue weighted by atomic mass is 16.8. The number of amides is 5. The normalized spacial score (nSPS) is 26.3. The van der Waals surface area contributed by atoms with E-state index in [1.54, 1.807) is 123 Å². The first kappa shape index (κ1) is 60.3. The second-order valence-electron chi connectivity index (χ2n) is 23.3. The maximum atomic E-state index is 13.6. The molecule has 4 aliphatic rings. The smallest absolute Gasteiger partial charge is 0.409 e. The van der Waals surface area contributed by atoms with Crippen LogP contribution in [0.3, 0.4) is 0 Å². The predicted molar refractivity (Wildman–Crippen MR) is 258 cm³/mol. The molecule has 11 atom stereocenters. The van der Waals surface area contributed by atoms with Crippen molar-refractivity contribution in [2.75, 3.05) is 19.7 Å². The Kier molecular flexibility index (Phi) is 20.8. The maximum absolute atomic E-state index is 13.6. The Bertz CT molecular complexity index is 1830. The van der Waals surface area contributed by atoms with Crippen LogP contribution in [0.5, 0.6) is 0 Å². The summed E-state index contributed by atoms with van der Waals surface area (Å²) in [4.78, 5) is 66.3.